The van der Waals surface area contributed by atoms with Crippen molar-refractivity contribution in [3.63, 3.8) is 0 Å². The third-order valence-electron chi connectivity index (χ3n) is 1.71. The van der Waals surface area contributed by atoms with E-state index in [2.05, 4.69) is 10.3 Å². The summed E-state index contributed by atoms with van der Waals surface area (Å²) >= 11 is 5.64. The van der Waals surface area contributed by atoms with Gasteiger partial charge in [0, 0.05) is 6.04 Å². The molecule has 0 aliphatic rings. The number of carboxylic acid groups (broad SMARTS) is 1. The standard InChI is InChI=1S/C9H11ClN2O3/c1-5(4-13)11-8-3-6(9(14)15)2-7(10)12-8/h2-3,5,13H,4H2,1H3,(H,11,12)(H,14,15). The normalized spacial score (nSPS) is 12.2. The molecule has 6 heteroatoms. The number of carboxylic acids is 1. The quantitative estimate of drug-likeness (QED) is 0.678. The molecule has 0 radical (unpaired) electrons. The van der Waals surface area contributed by atoms with Gasteiger partial charge in [-0.25, -0.2) is 9.78 Å². The molecule has 1 unspecified atom stereocenters. The van der Waals surface area contributed by atoms with Crippen LogP contribution < -0.4 is 5.32 Å². The minimum atomic E-state index is -1.07. The average Bonchev–Trinajstić information content (AvgIpc) is 2.16. The zero-order valence-corrected chi connectivity index (χ0v) is 8.82. The van der Waals surface area contributed by atoms with Crippen LogP contribution in [0.15, 0.2) is 12.1 Å². The molecular formula is C9H11ClN2O3. The van der Waals surface area contributed by atoms with Gasteiger partial charge in [0.2, 0.25) is 0 Å². The van der Waals surface area contributed by atoms with E-state index in [1.165, 1.54) is 12.1 Å². The van der Waals surface area contributed by atoms with Gasteiger partial charge in [0.15, 0.2) is 0 Å². The summed E-state index contributed by atoms with van der Waals surface area (Å²) in [6.45, 7) is 1.67. The van der Waals surface area contributed by atoms with Crippen LogP contribution in [0.3, 0.4) is 0 Å². The number of anilines is 1. The first-order chi connectivity index (χ1) is 7.02. The van der Waals surface area contributed by atoms with Gasteiger partial charge >= 0.3 is 5.97 Å². The van der Waals surface area contributed by atoms with Crippen LogP contribution in [0, 0.1) is 0 Å². The lowest BCUT2D eigenvalue weighted by molar-refractivity contribution is 0.0697. The van der Waals surface area contributed by atoms with Gasteiger partial charge in [-0.3, -0.25) is 0 Å². The van der Waals surface area contributed by atoms with Crippen molar-refractivity contribution >= 4 is 23.4 Å². The van der Waals surface area contributed by atoms with Crippen LogP contribution >= 0.6 is 11.6 Å². The Morgan fingerprint density at radius 3 is 2.87 bits per heavy atom. The molecule has 1 atom stereocenters. The lowest BCUT2D eigenvalue weighted by Crippen LogP contribution is -2.20. The smallest absolute Gasteiger partial charge is 0.335 e. The van der Waals surface area contributed by atoms with E-state index >= 15 is 0 Å². The summed E-state index contributed by atoms with van der Waals surface area (Å²) in [5, 5.41) is 20.5. The van der Waals surface area contributed by atoms with Crippen molar-refractivity contribution in [2.75, 3.05) is 11.9 Å². The Hall–Kier alpha value is -1.33. The zero-order chi connectivity index (χ0) is 11.4. The topological polar surface area (TPSA) is 82.5 Å². The van der Waals surface area contributed by atoms with Crippen molar-refractivity contribution < 1.29 is 15.0 Å². The summed E-state index contributed by atoms with van der Waals surface area (Å²) in [6, 6.07) is 2.41. The van der Waals surface area contributed by atoms with E-state index in [0.29, 0.717) is 5.82 Å². The zero-order valence-electron chi connectivity index (χ0n) is 8.07. The van der Waals surface area contributed by atoms with Crippen LogP contribution in [0.2, 0.25) is 5.15 Å². The van der Waals surface area contributed by atoms with E-state index in [-0.39, 0.29) is 23.4 Å². The highest BCUT2D eigenvalue weighted by molar-refractivity contribution is 6.29. The van der Waals surface area contributed by atoms with Gasteiger partial charge in [0.05, 0.1) is 12.2 Å². The second-order valence-corrected chi connectivity index (χ2v) is 3.48. The number of nitrogens with zero attached hydrogens (tertiary/aromatic N) is 1. The number of nitrogens with one attached hydrogen (secondary N) is 1. The number of aliphatic hydroxyl groups is 1. The Labute approximate surface area is 91.7 Å². The molecule has 0 aliphatic carbocycles. The molecule has 0 spiro atoms. The first kappa shape index (κ1) is 11.7. The predicted octanol–water partition coefficient (Wildman–Crippen LogP) is 1.23. The number of aliphatic hydroxyl groups excluding tert-OH is 1. The summed E-state index contributed by atoms with van der Waals surface area (Å²) in [7, 11) is 0. The molecule has 0 aliphatic heterocycles. The summed E-state index contributed by atoms with van der Waals surface area (Å²) < 4.78 is 0. The number of aromatic nitrogens is 1. The molecule has 82 valence electrons. The van der Waals surface area contributed by atoms with E-state index in [1.807, 2.05) is 0 Å². The molecule has 5 nitrogen and oxygen atoms in total. The monoisotopic (exact) mass is 230 g/mol. The average molecular weight is 231 g/mol. The van der Waals surface area contributed by atoms with Gasteiger partial charge in [-0.1, -0.05) is 11.6 Å². The van der Waals surface area contributed by atoms with Crippen LogP contribution in [0.25, 0.3) is 0 Å². The minimum Gasteiger partial charge on any atom is -0.478 e. The highest BCUT2D eigenvalue weighted by Gasteiger charge is 2.08. The predicted molar refractivity (Wildman–Crippen MR) is 56.4 cm³/mol. The molecule has 1 rings (SSSR count). The van der Waals surface area contributed by atoms with Crippen LogP contribution in [0.4, 0.5) is 5.82 Å². The Morgan fingerprint density at radius 2 is 2.33 bits per heavy atom. The van der Waals surface area contributed by atoms with Gasteiger partial charge in [0.1, 0.15) is 11.0 Å². The summed E-state index contributed by atoms with van der Waals surface area (Å²) in [5.74, 6) is -0.736. The fraction of sp³-hybridized carbons (Fsp3) is 0.333. The third kappa shape index (κ3) is 3.38. The van der Waals surface area contributed by atoms with E-state index in [4.69, 9.17) is 21.8 Å². The van der Waals surface area contributed by atoms with E-state index in [1.54, 1.807) is 6.92 Å². The Kier molecular flexibility index (Phi) is 3.88. The largest absolute Gasteiger partial charge is 0.478 e. The molecule has 1 heterocycles. The first-order valence-corrected chi connectivity index (χ1v) is 4.69. The van der Waals surface area contributed by atoms with Crippen LogP contribution in [0.5, 0.6) is 0 Å². The number of halogens is 1. The number of rotatable bonds is 4. The fourth-order valence-corrected chi connectivity index (χ4v) is 1.20. The molecule has 0 saturated carbocycles. The Morgan fingerprint density at radius 1 is 1.67 bits per heavy atom. The maximum absolute atomic E-state index is 10.7. The van der Waals surface area contributed by atoms with Crippen LogP contribution in [-0.4, -0.2) is 33.8 Å². The highest BCUT2D eigenvalue weighted by Crippen LogP contribution is 2.15. The molecule has 0 fully saturated rings. The van der Waals surface area contributed by atoms with E-state index < -0.39 is 5.97 Å². The molecule has 15 heavy (non-hydrogen) atoms. The molecule has 1 aromatic heterocycles. The van der Waals surface area contributed by atoms with Crippen molar-refractivity contribution in [3.8, 4) is 0 Å². The van der Waals surface area contributed by atoms with Crippen molar-refractivity contribution in [3.05, 3.63) is 22.8 Å². The van der Waals surface area contributed by atoms with E-state index in [0.717, 1.165) is 0 Å². The van der Waals surface area contributed by atoms with Crippen LogP contribution in [0.1, 0.15) is 17.3 Å². The number of hydrogen-bond donors (Lipinski definition) is 3. The summed E-state index contributed by atoms with van der Waals surface area (Å²) in [5.41, 5.74) is 0.0580. The van der Waals surface area contributed by atoms with Gasteiger partial charge in [-0.15, -0.1) is 0 Å². The number of carbonyl (C=O) groups is 1. The Balaban J connectivity index is 2.93. The highest BCUT2D eigenvalue weighted by atomic mass is 35.5. The van der Waals surface area contributed by atoms with Gasteiger partial charge in [-0.2, -0.15) is 0 Å². The van der Waals surface area contributed by atoms with Crippen molar-refractivity contribution in [2.24, 2.45) is 0 Å². The second-order valence-electron chi connectivity index (χ2n) is 3.10. The van der Waals surface area contributed by atoms with Crippen molar-refractivity contribution in [1.29, 1.82) is 0 Å². The number of pyridine rings is 1. The molecule has 0 aromatic carbocycles. The molecule has 0 bridgehead atoms. The first-order valence-electron chi connectivity index (χ1n) is 4.31. The lowest BCUT2D eigenvalue weighted by Gasteiger charge is -2.11. The molecule has 1 aromatic rings. The van der Waals surface area contributed by atoms with Gasteiger partial charge < -0.3 is 15.5 Å². The molecule has 0 amide bonds. The van der Waals surface area contributed by atoms with Crippen molar-refractivity contribution in [2.45, 2.75) is 13.0 Å². The minimum absolute atomic E-state index is 0.0580. The second kappa shape index (κ2) is 4.95. The Bertz CT molecular complexity index is 370. The molecule has 3 N–H and O–H groups in total. The SMILES string of the molecule is CC(CO)Nc1cc(C(=O)O)cc(Cl)n1. The summed E-state index contributed by atoms with van der Waals surface area (Å²) in [6.07, 6.45) is 0. The number of aromatic carboxylic acids is 1. The maximum atomic E-state index is 10.7. The van der Waals surface area contributed by atoms with Gasteiger partial charge in [0.25, 0.3) is 0 Å². The third-order valence-corrected chi connectivity index (χ3v) is 1.90. The maximum Gasteiger partial charge on any atom is 0.335 e. The lowest BCUT2D eigenvalue weighted by atomic mass is 10.2. The van der Waals surface area contributed by atoms with E-state index in [9.17, 15) is 4.79 Å². The fourth-order valence-electron chi connectivity index (χ4n) is 0.992. The van der Waals surface area contributed by atoms with Gasteiger partial charge in [-0.05, 0) is 19.1 Å². The van der Waals surface area contributed by atoms with Crippen LogP contribution in [-0.2, 0) is 0 Å². The summed E-state index contributed by atoms with van der Waals surface area (Å²) in [4.78, 5) is 14.6. The van der Waals surface area contributed by atoms with Crippen molar-refractivity contribution in [1.82, 2.24) is 4.98 Å². The molecule has 0 saturated heterocycles. The molecular weight excluding hydrogens is 220 g/mol. The number of hydrogen-bond acceptors (Lipinski definition) is 4.